The number of nitrogens with zero attached hydrogens (tertiary/aromatic N) is 2. The highest BCUT2D eigenvalue weighted by molar-refractivity contribution is 7.92. The summed E-state index contributed by atoms with van der Waals surface area (Å²) in [4.78, 5) is 11.1. The lowest BCUT2D eigenvalue weighted by Gasteiger charge is -2.12. The highest BCUT2D eigenvalue weighted by Gasteiger charge is 2.17. The van der Waals surface area contributed by atoms with Gasteiger partial charge >= 0.3 is 5.97 Å². The summed E-state index contributed by atoms with van der Waals surface area (Å²) >= 11 is 0. The lowest BCUT2D eigenvalue weighted by atomic mass is 10.2. The molecule has 2 aromatic carbocycles. The van der Waals surface area contributed by atoms with E-state index in [1.807, 2.05) is 6.92 Å². The number of carbonyl (C=O) groups is 1. The molecule has 0 radical (unpaired) electrons. The number of rotatable bonds is 5. The number of carboxylic acid groups (broad SMARTS) is 1. The Kier molecular flexibility index (Phi) is 4.28. The van der Waals surface area contributed by atoms with E-state index in [4.69, 9.17) is 5.11 Å². The first-order valence-electron chi connectivity index (χ1n) is 7.35. The highest BCUT2D eigenvalue weighted by Crippen LogP contribution is 2.23. The van der Waals surface area contributed by atoms with Gasteiger partial charge in [0, 0.05) is 6.20 Å². The average Bonchev–Trinajstić information content (AvgIpc) is 3.05. The Morgan fingerprint density at radius 1 is 1.08 bits per heavy atom. The number of anilines is 1. The molecule has 3 aromatic rings. The third-order valence-corrected chi connectivity index (χ3v) is 4.92. The van der Waals surface area contributed by atoms with E-state index in [0.717, 1.165) is 5.56 Å². The van der Waals surface area contributed by atoms with Crippen LogP contribution in [0.3, 0.4) is 0 Å². The van der Waals surface area contributed by atoms with Crippen LogP contribution in [0.4, 0.5) is 5.69 Å². The van der Waals surface area contributed by atoms with Gasteiger partial charge in [-0.1, -0.05) is 29.8 Å². The maximum atomic E-state index is 12.6. The molecular formula is C17H15N3O4S. The molecule has 1 heterocycles. The summed E-state index contributed by atoms with van der Waals surface area (Å²) in [7, 11) is -3.78. The zero-order valence-corrected chi connectivity index (χ0v) is 14.1. The van der Waals surface area contributed by atoms with Crippen LogP contribution < -0.4 is 4.72 Å². The largest absolute Gasteiger partial charge is 0.476 e. The maximum absolute atomic E-state index is 12.6. The van der Waals surface area contributed by atoms with E-state index in [2.05, 4.69) is 9.82 Å². The minimum absolute atomic E-state index is 0.129. The summed E-state index contributed by atoms with van der Waals surface area (Å²) in [6.45, 7) is 1.87. The lowest BCUT2D eigenvalue weighted by Crippen LogP contribution is -2.15. The molecule has 0 bridgehead atoms. The van der Waals surface area contributed by atoms with Crippen molar-refractivity contribution in [3.05, 3.63) is 72.1 Å². The zero-order valence-electron chi connectivity index (χ0n) is 13.2. The van der Waals surface area contributed by atoms with E-state index in [1.54, 1.807) is 36.4 Å². The van der Waals surface area contributed by atoms with E-state index < -0.39 is 16.0 Å². The van der Waals surface area contributed by atoms with Crippen LogP contribution in [0, 0.1) is 6.92 Å². The Morgan fingerprint density at radius 2 is 1.76 bits per heavy atom. The third kappa shape index (κ3) is 3.53. The van der Waals surface area contributed by atoms with Gasteiger partial charge in [-0.15, -0.1) is 0 Å². The van der Waals surface area contributed by atoms with Gasteiger partial charge in [0.25, 0.3) is 10.0 Å². The quantitative estimate of drug-likeness (QED) is 0.731. The Morgan fingerprint density at radius 3 is 2.40 bits per heavy atom. The molecule has 8 heteroatoms. The first-order chi connectivity index (χ1) is 11.9. The van der Waals surface area contributed by atoms with Gasteiger partial charge in [-0.25, -0.2) is 17.9 Å². The number of carboxylic acids is 1. The zero-order chi connectivity index (χ0) is 18.0. The first kappa shape index (κ1) is 16.7. The van der Waals surface area contributed by atoms with Crippen molar-refractivity contribution in [2.45, 2.75) is 11.8 Å². The molecule has 0 aliphatic rings. The van der Waals surface area contributed by atoms with Crippen molar-refractivity contribution in [3.63, 3.8) is 0 Å². The summed E-state index contributed by atoms with van der Waals surface area (Å²) in [6.07, 6.45) is 1.46. The Labute approximate surface area is 144 Å². The molecule has 0 aliphatic carbocycles. The van der Waals surface area contributed by atoms with Gasteiger partial charge in [-0.05, 0) is 37.3 Å². The molecule has 3 rings (SSSR count). The fourth-order valence-corrected chi connectivity index (χ4v) is 3.33. The summed E-state index contributed by atoms with van der Waals surface area (Å²) in [5.41, 5.74) is 1.54. The van der Waals surface area contributed by atoms with Gasteiger partial charge in [-0.3, -0.25) is 4.72 Å². The second-order valence-electron chi connectivity index (χ2n) is 5.39. The molecule has 7 nitrogen and oxygen atoms in total. The SMILES string of the molecule is Cc1ccc(S(=O)(=O)Nc2ccccc2-n2ccc(C(=O)O)n2)cc1. The number of aromatic carboxylic acids is 1. The van der Waals surface area contributed by atoms with E-state index in [1.165, 1.54) is 29.1 Å². The molecule has 0 aliphatic heterocycles. The topological polar surface area (TPSA) is 101 Å². The number of hydrogen-bond donors (Lipinski definition) is 2. The van der Waals surface area contributed by atoms with Crippen LogP contribution in [0.25, 0.3) is 5.69 Å². The number of hydrogen-bond acceptors (Lipinski definition) is 4. The van der Waals surface area contributed by atoms with Gasteiger partial charge in [0.15, 0.2) is 5.69 Å². The molecular weight excluding hydrogens is 342 g/mol. The predicted molar refractivity (Wildman–Crippen MR) is 92.5 cm³/mol. The van der Waals surface area contributed by atoms with Gasteiger partial charge in [0.05, 0.1) is 16.3 Å². The molecule has 0 saturated carbocycles. The fraction of sp³-hybridized carbons (Fsp3) is 0.0588. The minimum atomic E-state index is -3.78. The normalized spacial score (nSPS) is 11.2. The van der Waals surface area contributed by atoms with Crippen LogP contribution in [0.5, 0.6) is 0 Å². The van der Waals surface area contributed by atoms with Crippen molar-refractivity contribution >= 4 is 21.7 Å². The van der Waals surface area contributed by atoms with Crippen LogP contribution in [0.1, 0.15) is 16.1 Å². The fourth-order valence-electron chi connectivity index (χ4n) is 2.25. The van der Waals surface area contributed by atoms with Crippen molar-refractivity contribution in [2.75, 3.05) is 4.72 Å². The summed E-state index contributed by atoms with van der Waals surface area (Å²) in [6, 6.07) is 14.4. The van der Waals surface area contributed by atoms with Gasteiger partial charge in [0.1, 0.15) is 0 Å². The second kappa shape index (κ2) is 6.40. The van der Waals surface area contributed by atoms with Crippen molar-refractivity contribution < 1.29 is 18.3 Å². The predicted octanol–water partition coefficient (Wildman–Crippen LogP) is 2.68. The molecule has 0 spiro atoms. The molecule has 0 saturated heterocycles. The van der Waals surface area contributed by atoms with Crippen LogP contribution >= 0.6 is 0 Å². The van der Waals surface area contributed by atoms with Crippen molar-refractivity contribution in [1.82, 2.24) is 9.78 Å². The van der Waals surface area contributed by atoms with Gasteiger partial charge in [-0.2, -0.15) is 5.10 Å². The molecule has 1 aromatic heterocycles. The summed E-state index contributed by atoms with van der Waals surface area (Å²) in [5, 5.41) is 12.9. The van der Waals surface area contributed by atoms with Crippen LogP contribution in [-0.4, -0.2) is 29.3 Å². The number of aromatic nitrogens is 2. The van der Waals surface area contributed by atoms with Crippen LogP contribution in [0.2, 0.25) is 0 Å². The highest BCUT2D eigenvalue weighted by atomic mass is 32.2. The van der Waals surface area contributed by atoms with Crippen molar-refractivity contribution in [1.29, 1.82) is 0 Å². The number of para-hydroxylation sites is 2. The molecule has 0 amide bonds. The van der Waals surface area contributed by atoms with Crippen molar-refractivity contribution in [3.8, 4) is 5.69 Å². The molecule has 128 valence electrons. The van der Waals surface area contributed by atoms with Gasteiger partial charge < -0.3 is 5.11 Å². The Hall–Kier alpha value is -3.13. The number of nitrogens with one attached hydrogen (secondary N) is 1. The number of benzene rings is 2. The van der Waals surface area contributed by atoms with Crippen LogP contribution in [-0.2, 0) is 10.0 Å². The van der Waals surface area contributed by atoms with E-state index in [9.17, 15) is 13.2 Å². The van der Waals surface area contributed by atoms with E-state index >= 15 is 0 Å². The number of aryl methyl sites for hydroxylation is 1. The standard InChI is InChI=1S/C17H15N3O4S/c1-12-6-8-13(9-7-12)25(23,24)19-14-4-2-3-5-16(14)20-11-10-15(18-20)17(21)22/h2-11,19H,1H3,(H,21,22). The molecule has 2 N–H and O–H groups in total. The first-order valence-corrected chi connectivity index (χ1v) is 8.83. The second-order valence-corrected chi connectivity index (χ2v) is 7.07. The van der Waals surface area contributed by atoms with E-state index in [-0.39, 0.29) is 10.6 Å². The smallest absolute Gasteiger partial charge is 0.356 e. The van der Waals surface area contributed by atoms with E-state index in [0.29, 0.717) is 11.4 Å². The van der Waals surface area contributed by atoms with Crippen LogP contribution in [0.15, 0.2) is 65.7 Å². The monoisotopic (exact) mass is 357 g/mol. The number of sulfonamides is 1. The molecule has 25 heavy (non-hydrogen) atoms. The van der Waals surface area contributed by atoms with Gasteiger partial charge in [0.2, 0.25) is 0 Å². The average molecular weight is 357 g/mol. The third-order valence-electron chi connectivity index (χ3n) is 3.53. The van der Waals surface area contributed by atoms with Crippen molar-refractivity contribution in [2.24, 2.45) is 0 Å². The summed E-state index contributed by atoms with van der Waals surface area (Å²) < 4.78 is 29.0. The molecule has 0 fully saturated rings. The Balaban J connectivity index is 1.98. The maximum Gasteiger partial charge on any atom is 0.356 e. The lowest BCUT2D eigenvalue weighted by molar-refractivity contribution is 0.0690. The Bertz CT molecular complexity index is 1020. The minimum Gasteiger partial charge on any atom is -0.476 e. The molecule has 0 unspecified atom stereocenters. The molecule has 0 atom stereocenters. The summed E-state index contributed by atoms with van der Waals surface area (Å²) in [5.74, 6) is -1.16.